The van der Waals surface area contributed by atoms with Crippen molar-refractivity contribution in [2.75, 3.05) is 0 Å². The van der Waals surface area contributed by atoms with Gasteiger partial charge in [0, 0.05) is 17.0 Å². The molecule has 5 heteroatoms. The van der Waals surface area contributed by atoms with Gasteiger partial charge in [0.15, 0.2) is 0 Å². The Morgan fingerprint density at radius 1 is 1.17 bits per heavy atom. The van der Waals surface area contributed by atoms with E-state index < -0.39 is 0 Å². The average Bonchev–Trinajstić information content (AvgIpc) is 2.32. The Labute approximate surface area is 124 Å². The second-order valence-electron chi connectivity index (χ2n) is 3.87. The molecule has 1 aromatic carbocycles. The molecular formula is C13H11BrCl2N2. The Balaban J connectivity index is 2.52. The fourth-order valence-electron chi connectivity index (χ4n) is 1.63. The standard InChI is InChI=1S/C13H11BrCl2N2/c1-2-3-13-17-11(7-12(14)18-13)9-6-8(15)4-5-10(9)16/h4-7H,2-3H2,1H3. The van der Waals surface area contributed by atoms with E-state index in [1.54, 1.807) is 12.1 Å². The molecule has 0 aliphatic heterocycles. The van der Waals surface area contributed by atoms with E-state index in [9.17, 15) is 0 Å². The van der Waals surface area contributed by atoms with Gasteiger partial charge >= 0.3 is 0 Å². The smallest absolute Gasteiger partial charge is 0.130 e. The number of halogens is 3. The highest BCUT2D eigenvalue weighted by atomic mass is 79.9. The van der Waals surface area contributed by atoms with Crippen molar-refractivity contribution < 1.29 is 0 Å². The zero-order chi connectivity index (χ0) is 13.1. The van der Waals surface area contributed by atoms with E-state index in [0.29, 0.717) is 10.0 Å². The molecule has 2 rings (SSSR count). The molecule has 18 heavy (non-hydrogen) atoms. The van der Waals surface area contributed by atoms with Crippen LogP contribution >= 0.6 is 39.1 Å². The zero-order valence-electron chi connectivity index (χ0n) is 9.75. The number of rotatable bonds is 3. The minimum Gasteiger partial charge on any atom is -0.233 e. The van der Waals surface area contributed by atoms with Crippen molar-refractivity contribution in [1.29, 1.82) is 0 Å². The van der Waals surface area contributed by atoms with Gasteiger partial charge in [0.25, 0.3) is 0 Å². The monoisotopic (exact) mass is 344 g/mol. The van der Waals surface area contributed by atoms with Crippen LogP contribution in [0, 0.1) is 0 Å². The number of hydrogen-bond acceptors (Lipinski definition) is 2. The highest BCUT2D eigenvalue weighted by Crippen LogP contribution is 2.30. The van der Waals surface area contributed by atoms with Crippen LogP contribution in [0.5, 0.6) is 0 Å². The zero-order valence-corrected chi connectivity index (χ0v) is 12.8. The van der Waals surface area contributed by atoms with Crippen molar-refractivity contribution in [1.82, 2.24) is 9.97 Å². The Hall–Kier alpha value is -0.640. The maximum Gasteiger partial charge on any atom is 0.130 e. The average molecular weight is 346 g/mol. The van der Waals surface area contributed by atoms with Crippen LogP contribution in [0.3, 0.4) is 0 Å². The Morgan fingerprint density at radius 3 is 2.67 bits per heavy atom. The summed E-state index contributed by atoms with van der Waals surface area (Å²) in [5, 5.41) is 1.27. The van der Waals surface area contributed by atoms with E-state index in [4.69, 9.17) is 23.2 Å². The van der Waals surface area contributed by atoms with Gasteiger partial charge in [-0.05, 0) is 46.6 Å². The second-order valence-corrected chi connectivity index (χ2v) is 5.52. The molecule has 0 bridgehead atoms. The molecule has 0 saturated carbocycles. The summed E-state index contributed by atoms with van der Waals surface area (Å²) in [5.74, 6) is 0.804. The van der Waals surface area contributed by atoms with Crippen molar-refractivity contribution in [2.45, 2.75) is 19.8 Å². The fraction of sp³-hybridized carbons (Fsp3) is 0.231. The Morgan fingerprint density at radius 2 is 1.94 bits per heavy atom. The number of aryl methyl sites for hydroxylation is 1. The molecule has 2 aromatic rings. The molecule has 94 valence electrons. The van der Waals surface area contributed by atoms with E-state index in [-0.39, 0.29) is 0 Å². The van der Waals surface area contributed by atoms with Gasteiger partial charge in [-0.25, -0.2) is 9.97 Å². The van der Waals surface area contributed by atoms with Crippen LogP contribution in [-0.4, -0.2) is 9.97 Å². The third-order valence-electron chi connectivity index (χ3n) is 2.42. The minimum absolute atomic E-state index is 0.632. The molecule has 0 fully saturated rings. The molecule has 0 N–H and O–H groups in total. The molecule has 1 heterocycles. The summed E-state index contributed by atoms with van der Waals surface area (Å²) < 4.78 is 0.756. The van der Waals surface area contributed by atoms with Crippen molar-refractivity contribution in [2.24, 2.45) is 0 Å². The lowest BCUT2D eigenvalue weighted by Crippen LogP contribution is -1.97. The lowest BCUT2D eigenvalue weighted by atomic mass is 10.1. The van der Waals surface area contributed by atoms with Crippen LogP contribution in [0.2, 0.25) is 10.0 Å². The summed E-state index contributed by atoms with van der Waals surface area (Å²) >= 11 is 15.6. The summed E-state index contributed by atoms with van der Waals surface area (Å²) in [4.78, 5) is 8.84. The number of benzene rings is 1. The summed E-state index contributed by atoms with van der Waals surface area (Å²) in [6, 6.07) is 7.19. The van der Waals surface area contributed by atoms with Gasteiger partial charge in [-0.2, -0.15) is 0 Å². The molecular weight excluding hydrogens is 335 g/mol. The largest absolute Gasteiger partial charge is 0.233 e. The van der Waals surface area contributed by atoms with Gasteiger partial charge in [-0.3, -0.25) is 0 Å². The molecule has 0 spiro atoms. The van der Waals surface area contributed by atoms with Crippen LogP contribution in [0.4, 0.5) is 0 Å². The van der Waals surface area contributed by atoms with Crippen molar-refractivity contribution >= 4 is 39.1 Å². The number of aromatic nitrogens is 2. The van der Waals surface area contributed by atoms with E-state index in [0.717, 1.165) is 34.5 Å². The first-order valence-corrected chi connectivity index (χ1v) is 7.14. The van der Waals surface area contributed by atoms with Crippen LogP contribution in [-0.2, 0) is 6.42 Å². The molecule has 2 nitrogen and oxygen atoms in total. The molecule has 0 atom stereocenters. The fourth-order valence-corrected chi connectivity index (χ4v) is 2.44. The van der Waals surface area contributed by atoms with Gasteiger partial charge in [0.1, 0.15) is 10.4 Å². The molecule has 0 unspecified atom stereocenters. The van der Waals surface area contributed by atoms with E-state index in [1.807, 2.05) is 12.1 Å². The lowest BCUT2D eigenvalue weighted by Gasteiger charge is -2.07. The molecule has 0 amide bonds. The van der Waals surface area contributed by atoms with Gasteiger partial charge in [0.2, 0.25) is 0 Å². The van der Waals surface area contributed by atoms with Crippen LogP contribution < -0.4 is 0 Å². The first-order valence-electron chi connectivity index (χ1n) is 5.59. The van der Waals surface area contributed by atoms with Gasteiger partial charge < -0.3 is 0 Å². The highest BCUT2D eigenvalue weighted by molar-refractivity contribution is 9.10. The summed E-state index contributed by atoms with van der Waals surface area (Å²) in [5.41, 5.74) is 1.61. The third kappa shape index (κ3) is 3.22. The topological polar surface area (TPSA) is 25.8 Å². The van der Waals surface area contributed by atoms with Crippen LogP contribution in [0.25, 0.3) is 11.3 Å². The summed E-state index contributed by atoms with van der Waals surface area (Å²) in [7, 11) is 0. The van der Waals surface area contributed by atoms with E-state index >= 15 is 0 Å². The second kappa shape index (κ2) is 6.00. The summed E-state index contributed by atoms with van der Waals surface area (Å²) in [6.07, 6.45) is 1.84. The van der Waals surface area contributed by atoms with E-state index in [1.165, 1.54) is 0 Å². The molecule has 1 aromatic heterocycles. The number of nitrogens with zero attached hydrogens (tertiary/aromatic N) is 2. The first-order chi connectivity index (χ1) is 8.60. The molecule has 0 saturated heterocycles. The predicted octanol–water partition coefficient (Wildman–Crippen LogP) is 5.17. The maximum atomic E-state index is 6.18. The van der Waals surface area contributed by atoms with Crippen LogP contribution in [0.15, 0.2) is 28.9 Å². The predicted molar refractivity (Wildman–Crippen MR) is 79.2 cm³/mol. The van der Waals surface area contributed by atoms with Crippen LogP contribution in [0.1, 0.15) is 19.2 Å². The molecule has 0 radical (unpaired) electrons. The highest BCUT2D eigenvalue weighted by Gasteiger charge is 2.09. The number of hydrogen-bond donors (Lipinski definition) is 0. The minimum atomic E-state index is 0.632. The van der Waals surface area contributed by atoms with Gasteiger partial charge in [0.05, 0.1) is 10.7 Å². The molecule has 0 aliphatic rings. The van der Waals surface area contributed by atoms with E-state index in [2.05, 4.69) is 32.8 Å². The lowest BCUT2D eigenvalue weighted by molar-refractivity contribution is 0.831. The first kappa shape index (κ1) is 13.8. The molecule has 0 aliphatic carbocycles. The van der Waals surface area contributed by atoms with Crippen molar-refractivity contribution in [3.05, 3.63) is 44.7 Å². The normalized spacial score (nSPS) is 10.7. The quantitative estimate of drug-likeness (QED) is 0.717. The Kier molecular flexibility index (Phi) is 4.60. The Bertz CT molecular complexity index is 573. The van der Waals surface area contributed by atoms with Gasteiger partial charge in [-0.15, -0.1) is 0 Å². The van der Waals surface area contributed by atoms with Crippen molar-refractivity contribution in [3.63, 3.8) is 0 Å². The SMILES string of the molecule is CCCc1nc(Br)cc(-c2cc(Cl)ccc2Cl)n1. The van der Waals surface area contributed by atoms with Gasteiger partial charge in [-0.1, -0.05) is 30.1 Å². The van der Waals surface area contributed by atoms with Crippen molar-refractivity contribution in [3.8, 4) is 11.3 Å². The third-order valence-corrected chi connectivity index (χ3v) is 3.39. The maximum absolute atomic E-state index is 6.18. The summed E-state index contributed by atoms with van der Waals surface area (Å²) in [6.45, 7) is 2.09.